The molecule has 2 aromatic heterocycles. The number of nitrogens with one attached hydrogen (secondary N) is 1. The van der Waals surface area contributed by atoms with E-state index in [9.17, 15) is 23.1 Å². The molecule has 0 saturated heterocycles. The number of pyridine rings is 1. The smallest absolute Gasteiger partial charge is 0.475 e. The Kier molecular flexibility index (Phi) is 7.26. The number of aliphatic hydroxyl groups is 1. The highest BCUT2D eigenvalue weighted by Crippen LogP contribution is 2.13. The minimum Gasteiger partial charge on any atom is -0.475 e. The molecule has 2 heterocycles. The number of carboxylic acid groups (broad SMARTS) is 1. The number of hydrogen-bond donors (Lipinski definition) is 3. The molecule has 3 N–H and O–H groups in total. The van der Waals surface area contributed by atoms with Gasteiger partial charge in [-0.1, -0.05) is 6.07 Å². The summed E-state index contributed by atoms with van der Waals surface area (Å²) in [7, 11) is 1.79. The van der Waals surface area contributed by atoms with Gasteiger partial charge < -0.3 is 20.1 Å². The molecule has 0 saturated carbocycles. The van der Waals surface area contributed by atoms with Gasteiger partial charge in [0.25, 0.3) is 5.91 Å². The Morgan fingerprint density at radius 1 is 1.35 bits per heavy atom. The van der Waals surface area contributed by atoms with Crippen molar-refractivity contribution >= 4 is 11.9 Å². The van der Waals surface area contributed by atoms with Crippen LogP contribution in [-0.2, 0) is 11.8 Å². The van der Waals surface area contributed by atoms with Crippen LogP contribution in [0.15, 0.2) is 30.6 Å². The van der Waals surface area contributed by atoms with Crippen molar-refractivity contribution in [1.82, 2.24) is 19.9 Å². The van der Waals surface area contributed by atoms with Gasteiger partial charge in [-0.2, -0.15) is 13.2 Å². The molecule has 0 bridgehead atoms. The summed E-state index contributed by atoms with van der Waals surface area (Å²) in [5, 5.41) is 19.7. The van der Waals surface area contributed by atoms with Crippen molar-refractivity contribution < 1.29 is 33.0 Å². The minimum absolute atomic E-state index is 0.0965. The summed E-state index contributed by atoms with van der Waals surface area (Å²) in [5.74, 6) is -2.55. The highest BCUT2D eigenvalue weighted by molar-refractivity contribution is 5.92. The third-order valence-corrected chi connectivity index (χ3v) is 2.98. The van der Waals surface area contributed by atoms with Crippen molar-refractivity contribution in [3.63, 3.8) is 0 Å². The van der Waals surface area contributed by atoms with Crippen LogP contribution < -0.4 is 5.32 Å². The number of aryl methyl sites for hydroxylation is 2. The van der Waals surface area contributed by atoms with E-state index in [4.69, 9.17) is 9.90 Å². The number of aliphatic carboxylic acids is 1. The largest absolute Gasteiger partial charge is 0.490 e. The van der Waals surface area contributed by atoms with Gasteiger partial charge in [0.1, 0.15) is 17.6 Å². The number of imidazole rings is 1. The van der Waals surface area contributed by atoms with Crippen molar-refractivity contribution in [1.29, 1.82) is 0 Å². The molecule has 2 aromatic rings. The van der Waals surface area contributed by atoms with Crippen molar-refractivity contribution in [2.75, 3.05) is 6.54 Å². The average molecular weight is 374 g/mol. The van der Waals surface area contributed by atoms with Crippen molar-refractivity contribution in [2.24, 2.45) is 7.05 Å². The van der Waals surface area contributed by atoms with E-state index in [0.29, 0.717) is 11.5 Å². The van der Waals surface area contributed by atoms with E-state index in [1.54, 1.807) is 36.1 Å². The Hall–Kier alpha value is -2.95. The van der Waals surface area contributed by atoms with Crippen LogP contribution in [-0.4, -0.2) is 49.3 Å². The fraction of sp³-hybridized carbons (Fsp3) is 0.333. The Bertz CT molecular complexity index is 761. The Morgan fingerprint density at radius 3 is 2.42 bits per heavy atom. The van der Waals surface area contributed by atoms with Crippen LogP contribution in [0.5, 0.6) is 0 Å². The van der Waals surface area contributed by atoms with Crippen molar-refractivity contribution in [3.8, 4) is 0 Å². The molecule has 1 unspecified atom stereocenters. The molecule has 0 radical (unpaired) electrons. The zero-order valence-electron chi connectivity index (χ0n) is 13.9. The van der Waals surface area contributed by atoms with Gasteiger partial charge in [-0.05, 0) is 19.1 Å². The molecule has 0 aliphatic heterocycles. The molecule has 0 aliphatic rings. The van der Waals surface area contributed by atoms with Crippen molar-refractivity contribution in [3.05, 3.63) is 47.8 Å². The average Bonchev–Trinajstić information content (AvgIpc) is 2.98. The first-order valence-electron chi connectivity index (χ1n) is 7.19. The maximum atomic E-state index is 11.8. The quantitative estimate of drug-likeness (QED) is 0.741. The predicted octanol–water partition coefficient (Wildman–Crippen LogP) is 1.22. The number of amides is 1. The van der Waals surface area contributed by atoms with Crippen LogP contribution in [0.2, 0.25) is 0 Å². The van der Waals surface area contributed by atoms with E-state index in [-0.39, 0.29) is 12.5 Å². The molecule has 2 rings (SSSR count). The molecule has 1 atom stereocenters. The predicted molar refractivity (Wildman–Crippen MR) is 83.2 cm³/mol. The molecule has 0 spiro atoms. The lowest BCUT2D eigenvalue weighted by Gasteiger charge is -2.11. The lowest BCUT2D eigenvalue weighted by molar-refractivity contribution is -0.192. The highest BCUT2D eigenvalue weighted by Gasteiger charge is 2.38. The summed E-state index contributed by atoms with van der Waals surface area (Å²) in [5.41, 5.74) is 1.12. The van der Waals surface area contributed by atoms with E-state index in [1.807, 2.05) is 13.0 Å². The second-order valence-corrected chi connectivity index (χ2v) is 5.09. The van der Waals surface area contributed by atoms with Crippen LogP contribution in [0.3, 0.4) is 0 Å². The van der Waals surface area contributed by atoms with Crippen LogP contribution >= 0.6 is 0 Å². The molecule has 0 aliphatic carbocycles. The number of carbonyl (C=O) groups is 2. The van der Waals surface area contributed by atoms with Gasteiger partial charge in [-0.3, -0.25) is 4.79 Å². The first kappa shape index (κ1) is 21.1. The van der Waals surface area contributed by atoms with Crippen LogP contribution in [0.1, 0.15) is 28.1 Å². The van der Waals surface area contributed by atoms with Crippen LogP contribution in [0, 0.1) is 6.92 Å². The summed E-state index contributed by atoms with van der Waals surface area (Å²) in [6.07, 6.45) is -2.58. The number of aromatic nitrogens is 3. The van der Waals surface area contributed by atoms with E-state index >= 15 is 0 Å². The van der Waals surface area contributed by atoms with Gasteiger partial charge in [-0.25, -0.2) is 14.8 Å². The number of halogens is 3. The summed E-state index contributed by atoms with van der Waals surface area (Å²) in [4.78, 5) is 28.9. The summed E-state index contributed by atoms with van der Waals surface area (Å²) >= 11 is 0. The monoisotopic (exact) mass is 374 g/mol. The SMILES string of the molecule is Cc1cccc(C(=O)NCC(O)c2nccn2C)n1.O=C(O)C(F)(F)F. The molecule has 0 aromatic carbocycles. The summed E-state index contributed by atoms with van der Waals surface area (Å²) < 4.78 is 33.4. The molecule has 142 valence electrons. The van der Waals surface area contributed by atoms with Gasteiger partial charge in [0.15, 0.2) is 0 Å². The second kappa shape index (κ2) is 8.94. The number of aliphatic hydroxyl groups excluding tert-OH is 1. The number of rotatable bonds is 4. The molecule has 0 fully saturated rings. The van der Waals surface area contributed by atoms with E-state index in [1.165, 1.54) is 0 Å². The minimum atomic E-state index is -5.08. The van der Waals surface area contributed by atoms with Crippen molar-refractivity contribution in [2.45, 2.75) is 19.2 Å². The Labute approximate surface area is 146 Å². The fourth-order valence-corrected chi connectivity index (χ4v) is 1.74. The number of carbonyl (C=O) groups excluding carboxylic acids is 1. The molecular weight excluding hydrogens is 357 g/mol. The standard InChI is InChI=1S/C13H16N4O2.C2HF3O2/c1-9-4-3-5-10(16-9)13(19)15-8-11(18)12-14-6-7-17(12)2;3-2(4,5)1(6)7/h3-7,11,18H,8H2,1-2H3,(H,15,19);(H,6,7). The molecule has 26 heavy (non-hydrogen) atoms. The van der Waals surface area contributed by atoms with Gasteiger partial charge in [0.05, 0.1) is 6.54 Å². The normalized spacial score (nSPS) is 11.9. The fourth-order valence-electron chi connectivity index (χ4n) is 1.74. The summed E-state index contributed by atoms with van der Waals surface area (Å²) in [6, 6.07) is 5.22. The zero-order valence-corrected chi connectivity index (χ0v) is 13.9. The number of nitrogens with zero attached hydrogens (tertiary/aromatic N) is 3. The van der Waals surface area contributed by atoms with E-state index < -0.39 is 18.2 Å². The first-order valence-corrected chi connectivity index (χ1v) is 7.19. The van der Waals surface area contributed by atoms with Gasteiger partial charge in [0.2, 0.25) is 0 Å². The van der Waals surface area contributed by atoms with Crippen LogP contribution in [0.25, 0.3) is 0 Å². The molecule has 8 nitrogen and oxygen atoms in total. The first-order chi connectivity index (χ1) is 12.0. The van der Waals surface area contributed by atoms with Gasteiger partial charge in [-0.15, -0.1) is 0 Å². The van der Waals surface area contributed by atoms with E-state index in [2.05, 4.69) is 15.3 Å². The Balaban J connectivity index is 0.000000412. The van der Waals surface area contributed by atoms with Gasteiger partial charge in [0, 0.05) is 25.1 Å². The molecule has 11 heteroatoms. The molecular formula is C15H17F3N4O4. The lowest BCUT2D eigenvalue weighted by atomic mass is 10.3. The number of hydrogen-bond acceptors (Lipinski definition) is 5. The maximum absolute atomic E-state index is 11.8. The summed E-state index contributed by atoms with van der Waals surface area (Å²) in [6.45, 7) is 1.92. The number of carboxylic acids is 1. The maximum Gasteiger partial charge on any atom is 0.490 e. The molecule has 1 amide bonds. The third-order valence-electron chi connectivity index (χ3n) is 2.98. The van der Waals surface area contributed by atoms with Crippen LogP contribution in [0.4, 0.5) is 13.2 Å². The zero-order chi connectivity index (χ0) is 19.9. The number of alkyl halides is 3. The third kappa shape index (κ3) is 6.51. The highest BCUT2D eigenvalue weighted by atomic mass is 19.4. The topological polar surface area (TPSA) is 117 Å². The second-order valence-electron chi connectivity index (χ2n) is 5.09. The van der Waals surface area contributed by atoms with E-state index in [0.717, 1.165) is 5.69 Å². The Morgan fingerprint density at radius 2 is 1.96 bits per heavy atom. The van der Waals surface area contributed by atoms with Gasteiger partial charge >= 0.3 is 12.1 Å². The lowest BCUT2D eigenvalue weighted by Crippen LogP contribution is -2.30.